The fourth-order valence-corrected chi connectivity index (χ4v) is 3.17. The van der Waals surface area contributed by atoms with Gasteiger partial charge in [0, 0.05) is 5.56 Å². The Labute approximate surface area is 183 Å². The van der Waals surface area contributed by atoms with Gasteiger partial charge in [0.25, 0.3) is 0 Å². The number of carbonyl (C=O) groups excluding carboxylic acids is 2. The molecule has 0 radical (unpaired) electrons. The SMILES string of the molecule is COC(=O)c1c(-c2ccc3c(c2)OC(F)(F)C(F)(F)O3)nn(-c2ccccc2)c1C(=O)OC. The number of para-hydroxylation sites is 1. The molecular formula is C21H14F4N2O6. The predicted molar refractivity (Wildman–Crippen MR) is 103 cm³/mol. The molecule has 0 saturated heterocycles. The highest BCUT2D eigenvalue weighted by atomic mass is 19.3. The summed E-state index contributed by atoms with van der Waals surface area (Å²) in [6.45, 7) is 0. The number of halogens is 4. The van der Waals surface area contributed by atoms with E-state index in [1.807, 2.05) is 0 Å². The zero-order valence-electron chi connectivity index (χ0n) is 17.0. The van der Waals surface area contributed by atoms with Crippen LogP contribution in [-0.2, 0) is 9.47 Å². The van der Waals surface area contributed by atoms with E-state index in [0.29, 0.717) is 5.69 Å². The third-order valence-electron chi connectivity index (χ3n) is 4.69. The second-order valence-electron chi connectivity index (χ2n) is 6.70. The number of aromatic nitrogens is 2. The average Bonchev–Trinajstić information content (AvgIpc) is 3.19. The minimum Gasteiger partial charge on any atom is -0.465 e. The second kappa shape index (κ2) is 7.80. The van der Waals surface area contributed by atoms with Crippen LogP contribution in [0.4, 0.5) is 17.6 Å². The zero-order chi connectivity index (χ0) is 24.0. The van der Waals surface area contributed by atoms with E-state index < -0.39 is 35.7 Å². The van der Waals surface area contributed by atoms with Crippen LogP contribution < -0.4 is 9.47 Å². The molecule has 12 heteroatoms. The van der Waals surface area contributed by atoms with E-state index in [9.17, 15) is 27.2 Å². The van der Waals surface area contributed by atoms with Crippen LogP contribution in [-0.4, -0.2) is 48.2 Å². The molecule has 33 heavy (non-hydrogen) atoms. The topological polar surface area (TPSA) is 88.9 Å². The van der Waals surface area contributed by atoms with Crippen molar-refractivity contribution in [3.8, 4) is 28.4 Å². The smallest absolute Gasteiger partial charge is 0.465 e. The third kappa shape index (κ3) is 3.62. The number of hydrogen-bond donors (Lipinski definition) is 0. The van der Waals surface area contributed by atoms with Gasteiger partial charge < -0.3 is 18.9 Å². The fourth-order valence-electron chi connectivity index (χ4n) is 3.17. The Kier molecular flexibility index (Phi) is 5.23. The molecule has 0 amide bonds. The Morgan fingerprint density at radius 1 is 0.879 bits per heavy atom. The molecule has 0 bridgehead atoms. The van der Waals surface area contributed by atoms with E-state index in [1.165, 1.54) is 6.07 Å². The van der Waals surface area contributed by atoms with E-state index in [2.05, 4.69) is 14.6 Å². The monoisotopic (exact) mass is 466 g/mol. The van der Waals surface area contributed by atoms with Gasteiger partial charge in [-0.3, -0.25) is 0 Å². The molecule has 0 aliphatic carbocycles. The zero-order valence-corrected chi connectivity index (χ0v) is 17.0. The van der Waals surface area contributed by atoms with Gasteiger partial charge in [0.2, 0.25) is 0 Å². The largest absolute Gasteiger partial charge is 0.507 e. The average molecular weight is 466 g/mol. The summed E-state index contributed by atoms with van der Waals surface area (Å²) < 4.78 is 73.1. The van der Waals surface area contributed by atoms with Crippen molar-refractivity contribution in [2.24, 2.45) is 0 Å². The van der Waals surface area contributed by atoms with Crippen molar-refractivity contribution in [3.63, 3.8) is 0 Å². The van der Waals surface area contributed by atoms with Gasteiger partial charge in [-0.15, -0.1) is 0 Å². The van der Waals surface area contributed by atoms with Crippen LogP contribution in [0.15, 0.2) is 48.5 Å². The molecule has 1 aliphatic heterocycles. The molecule has 0 fully saturated rings. The minimum absolute atomic E-state index is 0.0152. The van der Waals surface area contributed by atoms with Gasteiger partial charge >= 0.3 is 24.2 Å². The molecular weight excluding hydrogens is 452 g/mol. The summed E-state index contributed by atoms with van der Waals surface area (Å²) in [4.78, 5) is 25.2. The lowest BCUT2D eigenvalue weighted by Crippen LogP contribution is -2.52. The molecule has 2 heterocycles. The quantitative estimate of drug-likeness (QED) is 0.423. The van der Waals surface area contributed by atoms with Gasteiger partial charge in [-0.1, -0.05) is 18.2 Å². The van der Waals surface area contributed by atoms with E-state index >= 15 is 0 Å². The first-order valence-corrected chi connectivity index (χ1v) is 9.22. The van der Waals surface area contributed by atoms with Crippen molar-refractivity contribution in [2.45, 2.75) is 12.2 Å². The van der Waals surface area contributed by atoms with Crippen LogP contribution in [0, 0.1) is 0 Å². The van der Waals surface area contributed by atoms with E-state index in [4.69, 9.17) is 9.47 Å². The second-order valence-corrected chi connectivity index (χ2v) is 6.70. The molecule has 0 N–H and O–H groups in total. The standard InChI is InChI=1S/C21H14F4N2O6/c1-30-18(28)15-16(26-27(17(15)19(29)31-2)12-6-4-3-5-7-12)11-8-9-13-14(10-11)33-21(24,25)20(22,23)32-13/h3-10H,1-2H3. The number of esters is 2. The lowest BCUT2D eigenvalue weighted by atomic mass is 10.0. The third-order valence-corrected chi connectivity index (χ3v) is 4.69. The Bertz CT molecular complexity index is 1240. The fraction of sp³-hybridized carbons (Fsp3) is 0.190. The highest BCUT2D eigenvalue weighted by Crippen LogP contribution is 2.48. The van der Waals surface area contributed by atoms with Gasteiger partial charge in [-0.25, -0.2) is 14.3 Å². The minimum atomic E-state index is -4.94. The summed E-state index contributed by atoms with van der Waals surface area (Å²) >= 11 is 0. The van der Waals surface area contributed by atoms with E-state index in [-0.39, 0.29) is 22.5 Å². The number of ether oxygens (including phenoxy) is 4. The summed E-state index contributed by atoms with van der Waals surface area (Å²) in [5, 5.41) is 4.29. The van der Waals surface area contributed by atoms with Gasteiger partial charge in [0.1, 0.15) is 11.3 Å². The Balaban J connectivity index is 1.94. The van der Waals surface area contributed by atoms with Crippen molar-refractivity contribution >= 4 is 11.9 Å². The Hall–Kier alpha value is -4.09. The number of alkyl halides is 4. The number of fused-ring (bicyclic) bond motifs is 1. The summed E-state index contributed by atoms with van der Waals surface area (Å²) in [7, 11) is 2.16. The summed E-state index contributed by atoms with van der Waals surface area (Å²) in [5.74, 6) is -3.26. The maximum Gasteiger partial charge on any atom is 0.507 e. The van der Waals surface area contributed by atoms with Crippen LogP contribution in [0.3, 0.4) is 0 Å². The molecule has 0 spiro atoms. The molecule has 0 unspecified atom stereocenters. The van der Waals surface area contributed by atoms with Gasteiger partial charge in [-0.05, 0) is 30.3 Å². The van der Waals surface area contributed by atoms with Crippen LogP contribution in [0.25, 0.3) is 16.9 Å². The van der Waals surface area contributed by atoms with Crippen LogP contribution >= 0.6 is 0 Å². The maximum absolute atomic E-state index is 13.6. The molecule has 1 aliphatic rings. The predicted octanol–water partition coefficient (Wildman–Crippen LogP) is 4.07. The number of carbonyl (C=O) groups is 2. The molecule has 0 atom stereocenters. The van der Waals surface area contributed by atoms with Gasteiger partial charge in [0.15, 0.2) is 17.2 Å². The van der Waals surface area contributed by atoms with Crippen LogP contribution in [0.2, 0.25) is 0 Å². The highest BCUT2D eigenvalue weighted by molar-refractivity contribution is 6.06. The van der Waals surface area contributed by atoms with Crippen molar-refractivity contribution in [2.75, 3.05) is 14.2 Å². The lowest BCUT2D eigenvalue weighted by molar-refractivity contribution is -0.391. The number of rotatable bonds is 4. The normalized spacial score (nSPS) is 15.6. The van der Waals surface area contributed by atoms with Crippen molar-refractivity contribution in [1.29, 1.82) is 0 Å². The number of methoxy groups -OCH3 is 2. The molecule has 4 rings (SSSR count). The Morgan fingerprint density at radius 2 is 1.48 bits per heavy atom. The van der Waals surface area contributed by atoms with E-state index in [0.717, 1.165) is 31.0 Å². The summed E-state index contributed by atoms with van der Waals surface area (Å²) in [6.07, 6.45) is -9.82. The lowest BCUT2D eigenvalue weighted by Gasteiger charge is -2.31. The van der Waals surface area contributed by atoms with Crippen molar-refractivity contribution in [3.05, 3.63) is 59.8 Å². The van der Waals surface area contributed by atoms with Gasteiger partial charge in [-0.2, -0.15) is 22.7 Å². The molecule has 0 saturated carbocycles. The first-order valence-electron chi connectivity index (χ1n) is 9.22. The van der Waals surface area contributed by atoms with Gasteiger partial charge in [0.05, 0.1) is 19.9 Å². The number of benzene rings is 2. The molecule has 172 valence electrons. The first-order chi connectivity index (χ1) is 15.6. The highest BCUT2D eigenvalue weighted by Gasteiger charge is 2.66. The van der Waals surface area contributed by atoms with Crippen LogP contribution in [0.1, 0.15) is 20.8 Å². The summed E-state index contributed by atoms with van der Waals surface area (Å²) in [5.41, 5.74) is -0.436. The molecule has 2 aromatic carbocycles. The molecule has 3 aromatic rings. The Morgan fingerprint density at radius 3 is 2.09 bits per heavy atom. The number of hydrogen-bond acceptors (Lipinski definition) is 7. The summed E-state index contributed by atoms with van der Waals surface area (Å²) in [6, 6.07) is 11.3. The van der Waals surface area contributed by atoms with Crippen molar-refractivity contribution in [1.82, 2.24) is 9.78 Å². The maximum atomic E-state index is 13.6. The molecule has 1 aromatic heterocycles. The number of nitrogens with zero attached hydrogens (tertiary/aromatic N) is 2. The first kappa shape index (κ1) is 22.1. The molecule has 8 nitrogen and oxygen atoms in total. The van der Waals surface area contributed by atoms with E-state index in [1.54, 1.807) is 30.3 Å². The van der Waals surface area contributed by atoms with Crippen LogP contribution in [0.5, 0.6) is 11.5 Å². The van der Waals surface area contributed by atoms with Crippen molar-refractivity contribution < 1.29 is 46.1 Å².